The maximum absolute atomic E-state index is 5.99. The Kier molecular flexibility index (Phi) is 4.19. The lowest BCUT2D eigenvalue weighted by atomic mass is 10.2. The summed E-state index contributed by atoms with van der Waals surface area (Å²) in [6.07, 6.45) is 3.43. The maximum Gasteiger partial charge on any atom is 0.156 e. The zero-order chi connectivity index (χ0) is 14.8. The highest BCUT2D eigenvalue weighted by molar-refractivity contribution is 9.10. The predicted octanol–water partition coefficient (Wildman–Crippen LogP) is 4.41. The fourth-order valence-electron chi connectivity index (χ4n) is 1.99. The fourth-order valence-corrected chi connectivity index (χ4v) is 2.72. The van der Waals surface area contributed by atoms with Gasteiger partial charge in [0, 0.05) is 39.5 Å². The Morgan fingerprint density at radius 1 is 1.00 bits per heavy atom. The summed E-state index contributed by atoms with van der Waals surface area (Å²) >= 11 is 6.82. The van der Waals surface area contributed by atoms with Crippen LogP contribution in [0.25, 0.3) is 11.0 Å². The van der Waals surface area contributed by atoms with E-state index in [9.17, 15) is 0 Å². The topological polar surface area (TPSA) is 61.0 Å². The van der Waals surface area contributed by atoms with Crippen LogP contribution in [0.4, 0.5) is 0 Å². The van der Waals surface area contributed by atoms with Crippen LogP contribution >= 0.6 is 31.9 Å². The van der Waals surface area contributed by atoms with E-state index in [1.807, 2.05) is 24.3 Å². The van der Waals surface area contributed by atoms with Gasteiger partial charge in [0.1, 0.15) is 11.3 Å². The van der Waals surface area contributed by atoms with E-state index >= 15 is 0 Å². The number of hydrogen-bond donors (Lipinski definition) is 1. The van der Waals surface area contributed by atoms with Crippen molar-refractivity contribution in [1.29, 1.82) is 0 Å². The summed E-state index contributed by atoms with van der Waals surface area (Å²) in [4.78, 5) is 8.67. The van der Waals surface area contributed by atoms with Crippen LogP contribution in [0.1, 0.15) is 5.56 Å². The van der Waals surface area contributed by atoms with Crippen LogP contribution in [-0.4, -0.2) is 9.97 Å². The maximum atomic E-state index is 5.99. The first-order chi connectivity index (χ1) is 10.2. The van der Waals surface area contributed by atoms with E-state index < -0.39 is 0 Å². The quantitative estimate of drug-likeness (QED) is 0.697. The number of fused-ring (bicyclic) bond motifs is 1. The van der Waals surface area contributed by atoms with Gasteiger partial charge < -0.3 is 10.5 Å². The molecular weight excluding hydrogens is 398 g/mol. The van der Waals surface area contributed by atoms with Gasteiger partial charge in [-0.3, -0.25) is 4.98 Å². The second-order valence-corrected chi connectivity index (χ2v) is 6.22. The van der Waals surface area contributed by atoms with Gasteiger partial charge in [-0.05, 0) is 40.2 Å². The molecular formula is C15H11Br2N3O. The number of nitrogens with zero attached hydrogens (tertiary/aromatic N) is 2. The van der Waals surface area contributed by atoms with Gasteiger partial charge in [0.15, 0.2) is 5.75 Å². The molecule has 3 aromatic rings. The van der Waals surface area contributed by atoms with Crippen molar-refractivity contribution in [3.05, 3.63) is 57.2 Å². The van der Waals surface area contributed by atoms with Gasteiger partial charge in [-0.2, -0.15) is 0 Å². The number of nitrogens with two attached hydrogens (primary N) is 1. The van der Waals surface area contributed by atoms with Gasteiger partial charge in [-0.15, -0.1) is 0 Å². The number of ether oxygens (including phenoxy) is 1. The third-order valence-corrected chi connectivity index (χ3v) is 3.90. The first-order valence-electron chi connectivity index (χ1n) is 6.24. The molecule has 2 aromatic heterocycles. The predicted molar refractivity (Wildman–Crippen MR) is 89.3 cm³/mol. The molecule has 0 aliphatic heterocycles. The van der Waals surface area contributed by atoms with Crippen molar-refractivity contribution >= 4 is 42.9 Å². The Balaban J connectivity index is 2.06. The van der Waals surface area contributed by atoms with Crippen molar-refractivity contribution < 1.29 is 4.74 Å². The van der Waals surface area contributed by atoms with Crippen molar-refractivity contribution in [3.8, 4) is 11.5 Å². The highest BCUT2D eigenvalue weighted by atomic mass is 79.9. The Labute approximate surface area is 138 Å². The first kappa shape index (κ1) is 14.4. The molecule has 6 heteroatoms. The second-order valence-electron chi connectivity index (χ2n) is 4.39. The molecule has 21 heavy (non-hydrogen) atoms. The van der Waals surface area contributed by atoms with E-state index in [-0.39, 0.29) is 0 Å². The average Bonchev–Trinajstić information content (AvgIpc) is 2.49. The monoisotopic (exact) mass is 407 g/mol. The van der Waals surface area contributed by atoms with Crippen LogP contribution in [0.2, 0.25) is 0 Å². The lowest BCUT2D eigenvalue weighted by molar-refractivity contribution is 0.480. The molecule has 1 aromatic carbocycles. The molecule has 0 atom stereocenters. The number of hydrogen-bond acceptors (Lipinski definition) is 4. The largest absolute Gasteiger partial charge is 0.455 e. The SMILES string of the molecule is NCc1cc(Br)ccc1Oc1ccnc2cc(Br)cnc12. The normalized spacial score (nSPS) is 10.8. The Hall–Kier alpha value is -1.50. The van der Waals surface area contributed by atoms with Crippen LogP contribution in [0.15, 0.2) is 51.7 Å². The first-order valence-corrected chi connectivity index (χ1v) is 7.82. The molecule has 0 amide bonds. The van der Waals surface area contributed by atoms with Crippen LogP contribution in [0.3, 0.4) is 0 Å². The van der Waals surface area contributed by atoms with E-state index in [2.05, 4.69) is 41.8 Å². The van der Waals surface area contributed by atoms with Crippen LogP contribution in [0, 0.1) is 0 Å². The van der Waals surface area contributed by atoms with E-state index in [1.165, 1.54) is 0 Å². The summed E-state index contributed by atoms with van der Waals surface area (Å²) in [5.41, 5.74) is 8.18. The molecule has 0 unspecified atom stereocenters. The molecule has 0 aliphatic carbocycles. The second kappa shape index (κ2) is 6.09. The van der Waals surface area contributed by atoms with Crippen molar-refractivity contribution in [2.75, 3.05) is 0 Å². The van der Waals surface area contributed by atoms with Crippen molar-refractivity contribution in [2.24, 2.45) is 5.73 Å². The summed E-state index contributed by atoms with van der Waals surface area (Å²) < 4.78 is 7.84. The Bertz CT molecular complexity index is 808. The number of rotatable bonds is 3. The Morgan fingerprint density at radius 3 is 2.67 bits per heavy atom. The van der Waals surface area contributed by atoms with Gasteiger partial charge in [-0.1, -0.05) is 15.9 Å². The molecule has 0 saturated heterocycles. The number of benzene rings is 1. The molecule has 0 saturated carbocycles. The van der Waals surface area contributed by atoms with E-state index in [4.69, 9.17) is 10.5 Å². The summed E-state index contributed by atoms with van der Waals surface area (Å²) in [6, 6.07) is 9.45. The minimum Gasteiger partial charge on any atom is -0.455 e. The standard InChI is InChI=1S/C15H11Br2N3O/c16-10-1-2-13(9(5-10)7-18)21-14-3-4-19-12-6-11(17)8-20-15(12)14/h1-6,8H,7,18H2. The molecule has 0 fully saturated rings. The third-order valence-electron chi connectivity index (χ3n) is 2.97. The molecule has 2 N–H and O–H groups in total. The smallest absolute Gasteiger partial charge is 0.156 e. The number of aromatic nitrogens is 2. The summed E-state index contributed by atoms with van der Waals surface area (Å²) in [7, 11) is 0. The lowest BCUT2D eigenvalue weighted by Gasteiger charge is -2.11. The van der Waals surface area contributed by atoms with Crippen LogP contribution < -0.4 is 10.5 Å². The molecule has 106 valence electrons. The molecule has 0 radical (unpaired) electrons. The van der Waals surface area contributed by atoms with E-state index in [0.717, 1.165) is 25.8 Å². The van der Waals surface area contributed by atoms with E-state index in [1.54, 1.807) is 18.5 Å². The fraction of sp³-hybridized carbons (Fsp3) is 0.0667. The summed E-state index contributed by atoms with van der Waals surface area (Å²) in [5, 5.41) is 0. The molecule has 0 spiro atoms. The summed E-state index contributed by atoms with van der Waals surface area (Å²) in [6.45, 7) is 0.400. The van der Waals surface area contributed by atoms with Crippen molar-refractivity contribution in [1.82, 2.24) is 9.97 Å². The van der Waals surface area contributed by atoms with Gasteiger partial charge >= 0.3 is 0 Å². The molecule has 4 nitrogen and oxygen atoms in total. The van der Waals surface area contributed by atoms with E-state index in [0.29, 0.717) is 17.8 Å². The zero-order valence-corrected chi connectivity index (χ0v) is 14.1. The van der Waals surface area contributed by atoms with Gasteiger partial charge in [0.05, 0.1) is 5.52 Å². The molecule has 3 rings (SSSR count). The van der Waals surface area contributed by atoms with Gasteiger partial charge in [0.2, 0.25) is 0 Å². The highest BCUT2D eigenvalue weighted by Gasteiger charge is 2.09. The molecule has 0 bridgehead atoms. The number of halogens is 2. The van der Waals surface area contributed by atoms with Crippen LogP contribution in [0.5, 0.6) is 11.5 Å². The average molecular weight is 409 g/mol. The third kappa shape index (κ3) is 3.07. The molecule has 2 heterocycles. The highest BCUT2D eigenvalue weighted by Crippen LogP contribution is 2.31. The minimum absolute atomic E-state index is 0.400. The molecule has 0 aliphatic rings. The van der Waals surface area contributed by atoms with Gasteiger partial charge in [-0.25, -0.2) is 4.98 Å². The lowest BCUT2D eigenvalue weighted by Crippen LogP contribution is -2.00. The zero-order valence-electron chi connectivity index (χ0n) is 10.9. The van der Waals surface area contributed by atoms with Crippen LogP contribution in [-0.2, 0) is 6.54 Å². The minimum atomic E-state index is 0.400. The summed E-state index contributed by atoms with van der Waals surface area (Å²) in [5.74, 6) is 1.38. The number of pyridine rings is 2. The van der Waals surface area contributed by atoms with Gasteiger partial charge in [0.25, 0.3) is 0 Å². The Morgan fingerprint density at radius 2 is 1.86 bits per heavy atom. The van der Waals surface area contributed by atoms with Crippen molar-refractivity contribution in [3.63, 3.8) is 0 Å². The van der Waals surface area contributed by atoms with Crippen molar-refractivity contribution in [2.45, 2.75) is 6.54 Å².